The third-order valence-electron chi connectivity index (χ3n) is 6.11. The summed E-state index contributed by atoms with van der Waals surface area (Å²) in [7, 11) is 2.83. The van der Waals surface area contributed by atoms with Crippen LogP contribution in [0, 0.1) is 11.8 Å². The topological polar surface area (TPSA) is 160 Å². The summed E-state index contributed by atoms with van der Waals surface area (Å²) in [6.07, 6.45) is -0.887. The molecule has 1 aromatic carbocycles. The summed E-state index contributed by atoms with van der Waals surface area (Å²) < 4.78 is 26.8. The van der Waals surface area contributed by atoms with Gasteiger partial charge in [0.15, 0.2) is 29.3 Å². The maximum atomic E-state index is 13.3. The molecule has 3 rings (SSSR count). The van der Waals surface area contributed by atoms with Crippen LogP contribution in [-0.4, -0.2) is 73.0 Å². The standard InChI is InChI=1S/C27H32N2O10/c1-14(2)25(32)39-23-15(3)38-27(34)19(29-24(31)21-22(30)20(36-5)10-11-28-21)13-37-26(33)18(23)12-16-6-8-17(35-4)9-7-16/h6-11,14-15,18-19,23,30H,12-13H2,1-5H3,(H,29,31). The van der Waals surface area contributed by atoms with Crippen LogP contribution in [0.4, 0.5) is 0 Å². The molecule has 0 aliphatic carbocycles. The number of nitrogens with zero attached hydrogens (tertiary/aromatic N) is 1. The molecule has 210 valence electrons. The highest BCUT2D eigenvalue weighted by atomic mass is 16.6. The second-order valence-electron chi connectivity index (χ2n) is 9.22. The summed E-state index contributed by atoms with van der Waals surface area (Å²) in [6.45, 7) is 4.20. The van der Waals surface area contributed by atoms with E-state index in [9.17, 15) is 24.3 Å². The van der Waals surface area contributed by atoms with Crippen molar-refractivity contribution in [2.75, 3.05) is 20.8 Å². The van der Waals surface area contributed by atoms with Crippen molar-refractivity contribution >= 4 is 23.8 Å². The number of methoxy groups -OCH3 is 2. The quantitative estimate of drug-likeness (QED) is 0.369. The van der Waals surface area contributed by atoms with E-state index >= 15 is 0 Å². The van der Waals surface area contributed by atoms with E-state index in [1.54, 1.807) is 38.1 Å². The van der Waals surface area contributed by atoms with E-state index in [0.29, 0.717) is 5.75 Å². The number of amides is 1. The predicted octanol–water partition coefficient (Wildman–Crippen LogP) is 1.82. The van der Waals surface area contributed by atoms with Gasteiger partial charge < -0.3 is 34.1 Å². The van der Waals surface area contributed by atoms with Gasteiger partial charge in [-0.25, -0.2) is 9.78 Å². The Balaban J connectivity index is 1.88. The molecule has 1 fully saturated rings. The number of pyridine rings is 1. The maximum absolute atomic E-state index is 13.3. The summed E-state index contributed by atoms with van der Waals surface area (Å²) in [5.41, 5.74) is 0.327. The third kappa shape index (κ3) is 7.15. The second-order valence-corrected chi connectivity index (χ2v) is 9.22. The van der Waals surface area contributed by atoms with Crippen molar-refractivity contribution in [3.05, 3.63) is 47.8 Å². The number of hydrogen-bond donors (Lipinski definition) is 2. The number of hydrogen-bond acceptors (Lipinski definition) is 11. The summed E-state index contributed by atoms with van der Waals surface area (Å²) in [4.78, 5) is 55.5. The normalized spacial score (nSPS) is 21.5. The van der Waals surface area contributed by atoms with Gasteiger partial charge in [-0.2, -0.15) is 0 Å². The predicted molar refractivity (Wildman–Crippen MR) is 135 cm³/mol. The minimum absolute atomic E-state index is 0.00317. The molecule has 4 unspecified atom stereocenters. The van der Waals surface area contributed by atoms with Gasteiger partial charge in [-0.05, 0) is 31.0 Å². The highest BCUT2D eigenvalue weighted by Gasteiger charge is 2.42. The smallest absolute Gasteiger partial charge is 0.332 e. The zero-order valence-electron chi connectivity index (χ0n) is 22.3. The Morgan fingerprint density at radius 3 is 2.41 bits per heavy atom. The van der Waals surface area contributed by atoms with Crippen LogP contribution in [0.3, 0.4) is 0 Å². The fourth-order valence-electron chi connectivity index (χ4n) is 3.89. The lowest BCUT2D eigenvalue weighted by molar-refractivity contribution is -0.176. The molecule has 0 radical (unpaired) electrons. The van der Waals surface area contributed by atoms with Crippen molar-refractivity contribution < 1.29 is 48.0 Å². The molecule has 1 aliphatic heterocycles. The molecule has 12 nitrogen and oxygen atoms in total. The first-order chi connectivity index (χ1) is 18.5. The number of nitrogens with one attached hydrogen (secondary N) is 1. The molecular weight excluding hydrogens is 512 g/mol. The van der Waals surface area contributed by atoms with Crippen LogP contribution in [0.5, 0.6) is 17.2 Å². The van der Waals surface area contributed by atoms with Gasteiger partial charge in [0, 0.05) is 12.3 Å². The number of cyclic esters (lactones) is 2. The van der Waals surface area contributed by atoms with Gasteiger partial charge in [0.2, 0.25) is 0 Å². The molecular formula is C27H32N2O10. The van der Waals surface area contributed by atoms with Crippen LogP contribution in [0.2, 0.25) is 0 Å². The van der Waals surface area contributed by atoms with Crippen molar-refractivity contribution in [1.82, 2.24) is 10.3 Å². The van der Waals surface area contributed by atoms with Crippen LogP contribution in [0.25, 0.3) is 0 Å². The molecule has 0 bridgehead atoms. The lowest BCUT2D eigenvalue weighted by Gasteiger charge is -2.29. The molecule has 2 aromatic rings. The van der Waals surface area contributed by atoms with Crippen LogP contribution in [0.15, 0.2) is 36.5 Å². The number of aromatic nitrogens is 1. The molecule has 2 heterocycles. The van der Waals surface area contributed by atoms with Gasteiger partial charge in [0.05, 0.1) is 20.1 Å². The molecule has 1 aliphatic rings. The van der Waals surface area contributed by atoms with Gasteiger partial charge in [0.25, 0.3) is 5.91 Å². The molecule has 0 saturated carbocycles. The zero-order valence-corrected chi connectivity index (χ0v) is 22.3. The molecule has 4 atom stereocenters. The fourth-order valence-corrected chi connectivity index (χ4v) is 3.89. The van der Waals surface area contributed by atoms with E-state index in [2.05, 4.69) is 10.3 Å². The molecule has 1 saturated heterocycles. The van der Waals surface area contributed by atoms with Gasteiger partial charge in [-0.3, -0.25) is 14.4 Å². The molecule has 2 N–H and O–H groups in total. The monoisotopic (exact) mass is 544 g/mol. The largest absolute Gasteiger partial charge is 0.503 e. The third-order valence-corrected chi connectivity index (χ3v) is 6.11. The first-order valence-electron chi connectivity index (χ1n) is 12.3. The Labute approximate surface area is 225 Å². The van der Waals surface area contributed by atoms with Crippen molar-refractivity contribution in [3.63, 3.8) is 0 Å². The van der Waals surface area contributed by atoms with E-state index in [4.69, 9.17) is 23.7 Å². The number of carbonyl (C=O) groups excluding carboxylic acids is 4. The summed E-state index contributed by atoms with van der Waals surface area (Å²) >= 11 is 0. The number of esters is 3. The van der Waals surface area contributed by atoms with E-state index in [1.807, 2.05) is 0 Å². The molecule has 1 aromatic heterocycles. The van der Waals surface area contributed by atoms with E-state index < -0.39 is 72.0 Å². The molecule has 39 heavy (non-hydrogen) atoms. The minimum atomic E-state index is -1.43. The van der Waals surface area contributed by atoms with Gasteiger partial charge in [0.1, 0.15) is 24.4 Å². The SMILES string of the molecule is COc1ccc(CC2C(=O)OCC(NC(=O)c3nccc(OC)c3O)C(=O)OC(C)C2OC(=O)C(C)C)cc1. The van der Waals surface area contributed by atoms with Crippen molar-refractivity contribution in [1.29, 1.82) is 0 Å². The number of carbonyl (C=O) groups is 4. The van der Waals surface area contributed by atoms with E-state index in [0.717, 1.165) is 5.56 Å². The summed E-state index contributed by atoms with van der Waals surface area (Å²) in [5.74, 6) is -4.62. The maximum Gasteiger partial charge on any atom is 0.332 e. The van der Waals surface area contributed by atoms with Crippen molar-refractivity contribution in [2.24, 2.45) is 11.8 Å². The number of aromatic hydroxyl groups is 1. The Morgan fingerprint density at radius 1 is 1.10 bits per heavy atom. The van der Waals surface area contributed by atoms with Gasteiger partial charge in [-0.1, -0.05) is 26.0 Å². The van der Waals surface area contributed by atoms with Crippen molar-refractivity contribution in [3.8, 4) is 17.2 Å². The van der Waals surface area contributed by atoms with E-state index in [1.165, 1.54) is 33.4 Å². The Morgan fingerprint density at radius 2 is 1.79 bits per heavy atom. The Kier molecular flexibility index (Phi) is 9.69. The van der Waals surface area contributed by atoms with Crippen LogP contribution >= 0.6 is 0 Å². The zero-order chi connectivity index (χ0) is 28.7. The lowest BCUT2D eigenvalue weighted by Crippen LogP contribution is -2.47. The molecule has 12 heteroatoms. The highest BCUT2D eigenvalue weighted by molar-refractivity contribution is 5.98. The highest BCUT2D eigenvalue weighted by Crippen LogP contribution is 2.28. The first-order valence-corrected chi connectivity index (χ1v) is 12.3. The summed E-state index contributed by atoms with van der Waals surface area (Å²) in [6, 6.07) is 6.88. The minimum Gasteiger partial charge on any atom is -0.503 e. The summed E-state index contributed by atoms with van der Waals surface area (Å²) in [5, 5.41) is 12.6. The van der Waals surface area contributed by atoms with Gasteiger partial charge >= 0.3 is 17.9 Å². The second kappa shape index (κ2) is 12.9. The number of rotatable bonds is 8. The molecule has 1 amide bonds. The van der Waals surface area contributed by atoms with Crippen LogP contribution in [0.1, 0.15) is 36.8 Å². The Bertz CT molecular complexity index is 1200. The van der Waals surface area contributed by atoms with Crippen molar-refractivity contribution in [2.45, 2.75) is 45.4 Å². The first kappa shape index (κ1) is 29.2. The lowest BCUT2D eigenvalue weighted by atomic mass is 9.91. The Hall–Kier alpha value is -4.35. The van der Waals surface area contributed by atoms with Gasteiger partial charge in [-0.15, -0.1) is 0 Å². The average molecular weight is 545 g/mol. The number of benzene rings is 1. The molecule has 0 spiro atoms. The number of ether oxygens (including phenoxy) is 5. The van der Waals surface area contributed by atoms with Crippen LogP contribution in [-0.2, 0) is 35.0 Å². The fraction of sp³-hybridized carbons (Fsp3) is 0.444. The average Bonchev–Trinajstić information content (AvgIpc) is 2.95. The van der Waals surface area contributed by atoms with E-state index in [-0.39, 0.29) is 12.2 Å². The van der Waals surface area contributed by atoms with Crippen LogP contribution < -0.4 is 14.8 Å².